The lowest BCUT2D eigenvalue weighted by atomic mass is 9.83. The fourth-order valence-corrected chi connectivity index (χ4v) is 5.90. The number of hydrogen-bond donors (Lipinski definition) is 0. The molecule has 3 unspecified atom stereocenters. The van der Waals surface area contributed by atoms with Gasteiger partial charge in [-0.3, -0.25) is 4.79 Å². The molecule has 1 fully saturated rings. The van der Waals surface area contributed by atoms with E-state index < -0.39 is 0 Å². The number of aliphatic imine (C=N–C) groups is 1. The van der Waals surface area contributed by atoms with Crippen LogP contribution in [0.15, 0.2) is 62.8 Å². The van der Waals surface area contributed by atoms with Crippen LogP contribution < -0.4 is 5.56 Å². The molecule has 0 saturated heterocycles. The van der Waals surface area contributed by atoms with Crippen molar-refractivity contribution in [2.24, 2.45) is 10.9 Å². The Kier molecular flexibility index (Phi) is 5.41. The molecule has 1 aliphatic heterocycles. The maximum Gasteiger partial charge on any atom is 0.264 e. The van der Waals surface area contributed by atoms with Gasteiger partial charge in [0.05, 0.1) is 10.5 Å². The maximum atomic E-state index is 13.7. The van der Waals surface area contributed by atoms with E-state index in [9.17, 15) is 4.79 Å². The Hall–Kier alpha value is -3.12. The second-order valence-corrected chi connectivity index (χ2v) is 9.83. The van der Waals surface area contributed by atoms with E-state index >= 15 is 0 Å². The fourth-order valence-electron chi connectivity index (χ4n) is 5.65. The van der Waals surface area contributed by atoms with Crippen molar-refractivity contribution < 1.29 is 9.26 Å². The summed E-state index contributed by atoms with van der Waals surface area (Å²) in [5, 5.41) is 6.05. The third kappa shape index (κ3) is 3.61. The first-order valence-corrected chi connectivity index (χ1v) is 12.3. The molecule has 0 N–H and O–H groups in total. The Balaban J connectivity index is 1.32. The zero-order valence-electron chi connectivity index (χ0n) is 19.0. The van der Waals surface area contributed by atoms with Crippen LogP contribution in [0.1, 0.15) is 55.5 Å². The molecule has 3 heterocycles. The molecule has 1 saturated carbocycles. The maximum absolute atomic E-state index is 13.7. The van der Waals surface area contributed by atoms with Gasteiger partial charge in [0.25, 0.3) is 5.56 Å². The highest BCUT2D eigenvalue weighted by atomic mass is 35.5. The molecule has 4 aromatic rings. The first kappa shape index (κ1) is 21.4. The van der Waals surface area contributed by atoms with Gasteiger partial charge in [-0.1, -0.05) is 59.6 Å². The minimum absolute atomic E-state index is 0.0484. The van der Waals surface area contributed by atoms with Crippen LogP contribution in [0.5, 0.6) is 0 Å². The van der Waals surface area contributed by atoms with E-state index in [1.165, 1.54) is 5.56 Å². The van der Waals surface area contributed by atoms with Crippen LogP contribution in [0.4, 0.5) is 0 Å². The van der Waals surface area contributed by atoms with E-state index in [2.05, 4.69) is 17.3 Å². The Bertz CT molecular complexity index is 1460. The predicted molar refractivity (Wildman–Crippen MR) is 134 cm³/mol. The van der Waals surface area contributed by atoms with Crippen LogP contribution in [0.3, 0.4) is 0 Å². The zero-order valence-corrected chi connectivity index (χ0v) is 19.8. The number of ether oxygens (including phenoxy) is 1. The molecule has 0 bridgehead atoms. The van der Waals surface area contributed by atoms with Crippen molar-refractivity contribution in [3.8, 4) is 0 Å². The Morgan fingerprint density at radius 1 is 1.09 bits per heavy atom. The summed E-state index contributed by atoms with van der Waals surface area (Å²) in [6, 6.07) is 16.1. The SMILES string of the molecule is Cc1onc2c1c(=O)n(C1CCCC(CC3=NC(c4ccccc4)CO3)C1)c1cccc(Cl)c21. The molecule has 2 aromatic heterocycles. The largest absolute Gasteiger partial charge is 0.478 e. The highest BCUT2D eigenvalue weighted by Gasteiger charge is 2.30. The second-order valence-electron chi connectivity index (χ2n) is 9.42. The van der Waals surface area contributed by atoms with E-state index in [1.807, 2.05) is 41.0 Å². The van der Waals surface area contributed by atoms with Crippen molar-refractivity contribution in [2.75, 3.05) is 6.61 Å². The van der Waals surface area contributed by atoms with Gasteiger partial charge < -0.3 is 13.8 Å². The van der Waals surface area contributed by atoms with E-state index in [0.717, 1.165) is 48.9 Å². The van der Waals surface area contributed by atoms with Crippen molar-refractivity contribution in [1.29, 1.82) is 0 Å². The third-order valence-electron chi connectivity index (χ3n) is 7.26. The van der Waals surface area contributed by atoms with Crippen LogP contribution in [-0.4, -0.2) is 22.2 Å². The van der Waals surface area contributed by atoms with E-state index in [1.54, 1.807) is 6.92 Å². The van der Waals surface area contributed by atoms with Crippen molar-refractivity contribution in [3.05, 3.63) is 75.2 Å². The summed E-state index contributed by atoms with van der Waals surface area (Å²) in [5.74, 6) is 1.78. The molecular formula is C27H26ClN3O3. The number of nitrogens with zero attached hydrogens (tertiary/aromatic N) is 3. The second kappa shape index (κ2) is 8.58. The molecule has 3 atom stereocenters. The summed E-state index contributed by atoms with van der Waals surface area (Å²) in [6.07, 6.45) is 4.82. The van der Waals surface area contributed by atoms with E-state index in [0.29, 0.717) is 34.2 Å². The van der Waals surface area contributed by atoms with Crippen LogP contribution in [0, 0.1) is 12.8 Å². The van der Waals surface area contributed by atoms with Crippen LogP contribution in [0.2, 0.25) is 5.02 Å². The highest BCUT2D eigenvalue weighted by Crippen LogP contribution is 2.39. The molecule has 1 aliphatic carbocycles. The number of fused-ring (bicyclic) bond motifs is 3. The summed E-state index contributed by atoms with van der Waals surface area (Å²) < 4.78 is 13.3. The van der Waals surface area contributed by atoms with Crippen LogP contribution >= 0.6 is 11.6 Å². The molecule has 7 heteroatoms. The minimum atomic E-state index is -0.0484. The first-order chi connectivity index (χ1) is 16.6. The van der Waals surface area contributed by atoms with Crippen LogP contribution in [0.25, 0.3) is 21.8 Å². The average molecular weight is 476 g/mol. The van der Waals surface area contributed by atoms with Crippen molar-refractivity contribution >= 4 is 39.3 Å². The number of aromatic nitrogens is 2. The predicted octanol–water partition coefficient (Wildman–Crippen LogP) is 6.40. The molecule has 6 rings (SSSR count). The number of aryl methyl sites for hydroxylation is 1. The average Bonchev–Trinajstić information content (AvgIpc) is 3.47. The monoisotopic (exact) mass is 475 g/mol. The van der Waals surface area contributed by atoms with Gasteiger partial charge in [-0.25, -0.2) is 4.99 Å². The molecular weight excluding hydrogens is 450 g/mol. The van der Waals surface area contributed by atoms with E-state index in [4.69, 9.17) is 25.9 Å². The highest BCUT2D eigenvalue weighted by molar-refractivity contribution is 6.37. The van der Waals surface area contributed by atoms with E-state index in [-0.39, 0.29) is 17.6 Å². The van der Waals surface area contributed by atoms with Gasteiger partial charge in [0, 0.05) is 17.8 Å². The summed E-state index contributed by atoms with van der Waals surface area (Å²) >= 11 is 6.59. The smallest absolute Gasteiger partial charge is 0.264 e. The summed E-state index contributed by atoms with van der Waals surface area (Å²) in [4.78, 5) is 18.5. The lowest BCUT2D eigenvalue weighted by molar-refractivity contribution is 0.253. The van der Waals surface area contributed by atoms with Crippen LogP contribution in [-0.2, 0) is 4.74 Å². The zero-order chi connectivity index (χ0) is 23.2. The van der Waals surface area contributed by atoms with Gasteiger partial charge in [0.2, 0.25) is 0 Å². The first-order valence-electron chi connectivity index (χ1n) is 11.9. The Labute approximate surface area is 202 Å². The molecule has 0 radical (unpaired) electrons. The standard InChI is InChI=1S/C27H26ClN3O3/c1-16-24-26(30-34-16)25-20(28)11-6-12-22(25)31(27(24)32)19-10-5-7-17(13-19)14-23-29-21(15-33-23)18-8-3-2-4-9-18/h2-4,6,8-9,11-12,17,19,21H,5,7,10,13-15H2,1H3. The van der Waals surface area contributed by atoms with Gasteiger partial charge in [-0.05, 0) is 49.8 Å². The number of rotatable bonds is 4. The van der Waals surface area contributed by atoms with Crippen molar-refractivity contribution in [3.63, 3.8) is 0 Å². The number of pyridine rings is 1. The van der Waals surface area contributed by atoms with Gasteiger partial charge in [-0.2, -0.15) is 0 Å². The molecule has 0 spiro atoms. The molecule has 2 aromatic carbocycles. The lowest BCUT2D eigenvalue weighted by Gasteiger charge is -2.31. The van der Waals surface area contributed by atoms with Gasteiger partial charge in [0.15, 0.2) is 5.90 Å². The van der Waals surface area contributed by atoms with Crippen molar-refractivity contribution in [2.45, 2.75) is 51.1 Å². The molecule has 34 heavy (non-hydrogen) atoms. The van der Waals surface area contributed by atoms with Gasteiger partial charge in [-0.15, -0.1) is 0 Å². The van der Waals surface area contributed by atoms with Gasteiger partial charge in [0.1, 0.15) is 29.3 Å². The molecule has 0 amide bonds. The van der Waals surface area contributed by atoms with Crippen molar-refractivity contribution in [1.82, 2.24) is 9.72 Å². The number of benzene rings is 2. The van der Waals surface area contributed by atoms with Gasteiger partial charge >= 0.3 is 0 Å². The number of halogens is 1. The summed E-state index contributed by atoms with van der Waals surface area (Å²) in [7, 11) is 0. The molecule has 174 valence electrons. The summed E-state index contributed by atoms with van der Waals surface area (Å²) in [6.45, 7) is 2.38. The Morgan fingerprint density at radius 3 is 2.79 bits per heavy atom. The Morgan fingerprint density at radius 2 is 1.94 bits per heavy atom. The minimum Gasteiger partial charge on any atom is -0.478 e. The molecule has 2 aliphatic rings. The third-order valence-corrected chi connectivity index (χ3v) is 7.57. The lowest BCUT2D eigenvalue weighted by Crippen LogP contribution is -2.30. The quantitative estimate of drug-likeness (QED) is 0.342. The topological polar surface area (TPSA) is 69.6 Å². The fraction of sp³-hybridized carbons (Fsp3) is 0.370. The normalized spacial score (nSPS) is 22.8. The summed E-state index contributed by atoms with van der Waals surface area (Å²) in [5.41, 5.74) is 2.51. The number of hydrogen-bond acceptors (Lipinski definition) is 5. The molecule has 6 nitrogen and oxygen atoms in total.